The first-order valence-electron chi connectivity index (χ1n) is 9.94. The third-order valence-electron chi connectivity index (χ3n) is 4.11. The summed E-state index contributed by atoms with van der Waals surface area (Å²) in [7, 11) is 1.55. The summed E-state index contributed by atoms with van der Waals surface area (Å²) in [6, 6.07) is 12.1. The predicted octanol–water partition coefficient (Wildman–Crippen LogP) is 2.48. The molecule has 0 spiro atoms. The van der Waals surface area contributed by atoms with Gasteiger partial charge >= 0.3 is 0 Å². The van der Waals surface area contributed by atoms with Crippen molar-refractivity contribution >= 4 is 23.6 Å². The SMILES string of the molecule is CCOc1ccc(/C=C/C(=O)Nc2ccccc2C(=O)NCCOCCO)cc1OC. The number of methoxy groups -OCH3 is 1. The summed E-state index contributed by atoms with van der Waals surface area (Å²) in [5.74, 6) is 0.505. The highest BCUT2D eigenvalue weighted by molar-refractivity contribution is 6.07. The average molecular weight is 428 g/mol. The van der Waals surface area contributed by atoms with Crippen molar-refractivity contribution in [1.29, 1.82) is 0 Å². The smallest absolute Gasteiger partial charge is 0.253 e. The van der Waals surface area contributed by atoms with Gasteiger partial charge in [-0.05, 0) is 42.8 Å². The van der Waals surface area contributed by atoms with Crippen LogP contribution < -0.4 is 20.1 Å². The van der Waals surface area contributed by atoms with Gasteiger partial charge in [-0.3, -0.25) is 9.59 Å². The van der Waals surface area contributed by atoms with E-state index in [1.807, 2.05) is 13.0 Å². The van der Waals surface area contributed by atoms with Crippen LogP contribution in [0.3, 0.4) is 0 Å². The average Bonchev–Trinajstić information content (AvgIpc) is 2.78. The fourth-order valence-electron chi connectivity index (χ4n) is 2.70. The van der Waals surface area contributed by atoms with Gasteiger partial charge in [0.25, 0.3) is 5.91 Å². The number of nitrogens with one attached hydrogen (secondary N) is 2. The van der Waals surface area contributed by atoms with Crippen molar-refractivity contribution in [2.45, 2.75) is 6.92 Å². The second-order valence-electron chi connectivity index (χ2n) is 6.30. The van der Waals surface area contributed by atoms with E-state index in [1.54, 1.807) is 49.6 Å². The molecule has 31 heavy (non-hydrogen) atoms. The van der Waals surface area contributed by atoms with Crippen LogP contribution >= 0.6 is 0 Å². The maximum atomic E-state index is 12.4. The Hall–Kier alpha value is -3.36. The van der Waals surface area contributed by atoms with Crippen LogP contribution in [0.4, 0.5) is 5.69 Å². The monoisotopic (exact) mass is 428 g/mol. The molecule has 3 N–H and O–H groups in total. The summed E-state index contributed by atoms with van der Waals surface area (Å²) in [5.41, 5.74) is 1.51. The molecule has 2 aromatic carbocycles. The number of anilines is 1. The van der Waals surface area contributed by atoms with E-state index in [0.717, 1.165) is 5.56 Å². The summed E-state index contributed by atoms with van der Waals surface area (Å²) in [4.78, 5) is 24.8. The molecule has 166 valence electrons. The van der Waals surface area contributed by atoms with Crippen LogP contribution in [0.15, 0.2) is 48.5 Å². The van der Waals surface area contributed by atoms with Gasteiger partial charge in [0.15, 0.2) is 11.5 Å². The Morgan fingerprint density at radius 1 is 1.10 bits per heavy atom. The van der Waals surface area contributed by atoms with Crippen molar-refractivity contribution in [2.24, 2.45) is 0 Å². The van der Waals surface area contributed by atoms with Gasteiger partial charge in [0.1, 0.15) is 0 Å². The number of aliphatic hydroxyl groups excluding tert-OH is 1. The molecule has 2 amide bonds. The van der Waals surface area contributed by atoms with Crippen LogP contribution in [-0.2, 0) is 9.53 Å². The van der Waals surface area contributed by atoms with Gasteiger partial charge in [-0.25, -0.2) is 0 Å². The standard InChI is InChI=1S/C23H28N2O6/c1-3-31-20-10-8-17(16-21(20)29-2)9-11-22(27)25-19-7-5-4-6-18(19)23(28)24-12-14-30-15-13-26/h4-11,16,26H,3,12-15H2,1-2H3,(H,24,28)(H,25,27)/b11-9+. The van der Waals surface area contributed by atoms with Crippen molar-refractivity contribution in [1.82, 2.24) is 5.32 Å². The molecule has 8 nitrogen and oxygen atoms in total. The molecule has 0 aromatic heterocycles. The zero-order valence-electron chi connectivity index (χ0n) is 17.7. The van der Waals surface area contributed by atoms with Gasteiger partial charge in [0.2, 0.25) is 5.91 Å². The molecule has 2 rings (SSSR count). The normalized spacial score (nSPS) is 10.7. The third kappa shape index (κ3) is 7.76. The lowest BCUT2D eigenvalue weighted by Gasteiger charge is -2.11. The topological polar surface area (TPSA) is 106 Å². The lowest BCUT2D eigenvalue weighted by molar-refractivity contribution is -0.111. The summed E-state index contributed by atoms with van der Waals surface area (Å²) >= 11 is 0. The van der Waals surface area contributed by atoms with Crippen molar-refractivity contribution in [3.63, 3.8) is 0 Å². The Balaban J connectivity index is 2.00. The molecule has 0 saturated carbocycles. The van der Waals surface area contributed by atoms with Crippen molar-refractivity contribution in [2.75, 3.05) is 45.4 Å². The zero-order chi connectivity index (χ0) is 22.5. The summed E-state index contributed by atoms with van der Waals surface area (Å²) in [6.07, 6.45) is 3.03. The quantitative estimate of drug-likeness (QED) is 0.354. The second kappa shape index (κ2) is 13.0. The van der Waals surface area contributed by atoms with Gasteiger partial charge in [0.05, 0.1) is 44.8 Å². The Bertz CT molecular complexity index is 897. The van der Waals surface area contributed by atoms with Gasteiger partial charge in [0, 0.05) is 12.6 Å². The molecule has 0 aliphatic rings. The molecule has 0 aliphatic carbocycles. The van der Waals surface area contributed by atoms with E-state index in [9.17, 15) is 9.59 Å². The Kier molecular flexibility index (Phi) is 10.1. The number of hydrogen-bond donors (Lipinski definition) is 3. The van der Waals surface area contributed by atoms with Crippen LogP contribution in [0.2, 0.25) is 0 Å². The molecule has 0 bridgehead atoms. The second-order valence-corrected chi connectivity index (χ2v) is 6.30. The number of benzene rings is 2. The van der Waals surface area contributed by atoms with E-state index in [4.69, 9.17) is 19.3 Å². The number of aliphatic hydroxyl groups is 1. The Morgan fingerprint density at radius 2 is 1.90 bits per heavy atom. The van der Waals surface area contributed by atoms with Crippen LogP contribution in [-0.4, -0.2) is 57.0 Å². The molecule has 0 unspecified atom stereocenters. The first kappa shape index (κ1) is 23.9. The first-order valence-corrected chi connectivity index (χ1v) is 9.94. The molecule has 0 atom stereocenters. The van der Waals surface area contributed by atoms with E-state index in [2.05, 4.69) is 10.6 Å². The molecule has 0 radical (unpaired) electrons. The first-order chi connectivity index (χ1) is 15.1. The molecular weight excluding hydrogens is 400 g/mol. The van der Waals surface area contributed by atoms with E-state index >= 15 is 0 Å². The minimum Gasteiger partial charge on any atom is -0.493 e. The highest BCUT2D eigenvalue weighted by Crippen LogP contribution is 2.28. The minimum atomic E-state index is -0.376. The Morgan fingerprint density at radius 3 is 2.65 bits per heavy atom. The molecule has 0 heterocycles. The van der Waals surface area contributed by atoms with Crippen LogP contribution in [0.5, 0.6) is 11.5 Å². The number of hydrogen-bond acceptors (Lipinski definition) is 6. The summed E-state index contributed by atoms with van der Waals surface area (Å²) in [6.45, 7) is 3.14. The van der Waals surface area contributed by atoms with E-state index in [0.29, 0.717) is 35.9 Å². The van der Waals surface area contributed by atoms with Gasteiger partial charge in [-0.15, -0.1) is 0 Å². The summed E-state index contributed by atoms with van der Waals surface area (Å²) in [5, 5.41) is 14.1. The molecule has 0 saturated heterocycles. The van der Waals surface area contributed by atoms with Crippen molar-refractivity contribution in [3.05, 3.63) is 59.7 Å². The fourth-order valence-corrected chi connectivity index (χ4v) is 2.70. The Labute approximate surface area is 181 Å². The molecule has 2 aromatic rings. The minimum absolute atomic E-state index is 0.0697. The lowest BCUT2D eigenvalue weighted by atomic mass is 10.1. The van der Waals surface area contributed by atoms with Crippen LogP contribution in [0.1, 0.15) is 22.8 Å². The van der Waals surface area contributed by atoms with E-state index in [1.165, 1.54) is 6.08 Å². The maximum Gasteiger partial charge on any atom is 0.253 e. The number of para-hydroxylation sites is 1. The van der Waals surface area contributed by atoms with Gasteiger partial charge < -0.3 is 30.0 Å². The molecule has 8 heteroatoms. The number of ether oxygens (including phenoxy) is 3. The predicted molar refractivity (Wildman–Crippen MR) is 119 cm³/mol. The largest absolute Gasteiger partial charge is 0.493 e. The highest BCUT2D eigenvalue weighted by Gasteiger charge is 2.12. The van der Waals surface area contributed by atoms with Crippen molar-refractivity contribution in [3.8, 4) is 11.5 Å². The number of amides is 2. The van der Waals surface area contributed by atoms with Crippen molar-refractivity contribution < 1.29 is 28.9 Å². The zero-order valence-corrected chi connectivity index (χ0v) is 17.7. The molecule has 0 aliphatic heterocycles. The number of carbonyl (C=O) groups excluding carboxylic acids is 2. The molecule has 0 fully saturated rings. The van der Waals surface area contributed by atoms with Gasteiger partial charge in [-0.1, -0.05) is 18.2 Å². The molecular formula is C23H28N2O6. The lowest BCUT2D eigenvalue weighted by Crippen LogP contribution is -2.28. The number of rotatable bonds is 12. The van der Waals surface area contributed by atoms with Crippen LogP contribution in [0.25, 0.3) is 6.08 Å². The van der Waals surface area contributed by atoms with Crippen LogP contribution in [0, 0.1) is 0 Å². The number of carbonyl (C=O) groups is 2. The van der Waals surface area contributed by atoms with E-state index < -0.39 is 0 Å². The fraction of sp³-hybridized carbons (Fsp3) is 0.304. The summed E-state index contributed by atoms with van der Waals surface area (Å²) < 4.78 is 15.9. The third-order valence-corrected chi connectivity index (χ3v) is 4.11. The van der Waals surface area contributed by atoms with E-state index in [-0.39, 0.29) is 31.6 Å². The maximum absolute atomic E-state index is 12.4. The highest BCUT2D eigenvalue weighted by atomic mass is 16.5. The van der Waals surface area contributed by atoms with Gasteiger partial charge in [-0.2, -0.15) is 0 Å².